The first kappa shape index (κ1) is 11.6. The molecule has 0 saturated carbocycles. The molecule has 1 N–H and O–H groups in total. The molecule has 88 valence electrons. The zero-order chi connectivity index (χ0) is 12.3. The fourth-order valence-corrected chi connectivity index (χ4v) is 2.04. The smallest absolute Gasteiger partial charge is 0.0486 e. The molecule has 1 heterocycles. The third-order valence-electron chi connectivity index (χ3n) is 2.81. The average Bonchev–Trinajstić information content (AvgIpc) is 2.28. The topological polar surface area (TPSA) is 24.9 Å². The Morgan fingerprint density at radius 2 is 1.59 bits per heavy atom. The maximum absolute atomic E-state index is 4.04. The van der Waals surface area contributed by atoms with Gasteiger partial charge in [0.1, 0.15) is 0 Å². The van der Waals surface area contributed by atoms with Crippen molar-refractivity contribution in [2.45, 2.75) is 26.8 Å². The number of aryl methyl sites for hydroxylation is 2. The third kappa shape index (κ3) is 3.06. The molecule has 0 amide bonds. The van der Waals surface area contributed by atoms with E-state index in [1.165, 1.54) is 22.4 Å². The lowest BCUT2D eigenvalue weighted by atomic mass is 10.1. The maximum Gasteiger partial charge on any atom is 0.0486 e. The summed E-state index contributed by atoms with van der Waals surface area (Å²) in [6.07, 6.45) is 3.66. The summed E-state index contributed by atoms with van der Waals surface area (Å²) in [6, 6.07) is 10.9. The van der Waals surface area contributed by atoms with Crippen molar-refractivity contribution in [3.63, 3.8) is 0 Å². The Morgan fingerprint density at radius 1 is 1.00 bits per heavy atom. The highest BCUT2D eigenvalue weighted by molar-refractivity contribution is 5.49. The summed E-state index contributed by atoms with van der Waals surface area (Å²) < 4.78 is 0. The molecule has 2 aromatic rings. The summed E-state index contributed by atoms with van der Waals surface area (Å²) in [4.78, 5) is 4.04. The number of rotatable bonds is 3. The summed E-state index contributed by atoms with van der Waals surface area (Å²) in [5.41, 5.74) is 5.00. The molecule has 1 aromatic carbocycles. The average molecular weight is 226 g/mol. The molecule has 1 atom stereocenters. The Hall–Kier alpha value is -1.83. The van der Waals surface area contributed by atoms with Crippen LogP contribution < -0.4 is 5.32 Å². The second-order valence-electron chi connectivity index (χ2n) is 4.52. The molecule has 2 heteroatoms. The predicted octanol–water partition coefficient (Wildman–Crippen LogP) is 3.87. The Kier molecular flexibility index (Phi) is 3.43. The molecular formula is C15H18N2. The van der Waals surface area contributed by atoms with Gasteiger partial charge in [0, 0.05) is 24.1 Å². The van der Waals surface area contributed by atoms with Crippen molar-refractivity contribution in [3.8, 4) is 0 Å². The van der Waals surface area contributed by atoms with Crippen molar-refractivity contribution in [1.29, 1.82) is 0 Å². The van der Waals surface area contributed by atoms with Gasteiger partial charge >= 0.3 is 0 Å². The van der Waals surface area contributed by atoms with Gasteiger partial charge in [0.15, 0.2) is 0 Å². The van der Waals surface area contributed by atoms with E-state index in [2.05, 4.69) is 49.3 Å². The monoisotopic (exact) mass is 226 g/mol. The van der Waals surface area contributed by atoms with Crippen molar-refractivity contribution >= 4 is 5.69 Å². The summed E-state index contributed by atoms with van der Waals surface area (Å²) in [7, 11) is 0. The molecule has 2 nitrogen and oxygen atoms in total. The minimum absolute atomic E-state index is 0.291. The van der Waals surface area contributed by atoms with E-state index >= 15 is 0 Å². The largest absolute Gasteiger partial charge is 0.379 e. The van der Waals surface area contributed by atoms with Crippen LogP contribution in [0.25, 0.3) is 0 Å². The summed E-state index contributed by atoms with van der Waals surface area (Å²) >= 11 is 0. The first-order valence-corrected chi connectivity index (χ1v) is 5.90. The van der Waals surface area contributed by atoms with Crippen molar-refractivity contribution in [3.05, 3.63) is 59.4 Å². The quantitative estimate of drug-likeness (QED) is 0.859. The van der Waals surface area contributed by atoms with E-state index in [4.69, 9.17) is 0 Å². The van der Waals surface area contributed by atoms with Gasteiger partial charge in [-0.3, -0.25) is 4.98 Å². The molecule has 0 aliphatic heterocycles. The van der Waals surface area contributed by atoms with Crippen LogP contribution in [-0.2, 0) is 0 Å². The van der Waals surface area contributed by atoms with Crippen molar-refractivity contribution in [2.75, 3.05) is 5.32 Å². The lowest BCUT2D eigenvalue weighted by molar-refractivity contribution is 0.880. The SMILES string of the molecule is Cc1cc(C)cc(NC(C)c2ccncc2)c1. The fraction of sp³-hybridized carbons (Fsp3) is 0.267. The zero-order valence-corrected chi connectivity index (χ0v) is 10.6. The van der Waals surface area contributed by atoms with Crippen LogP contribution in [0.5, 0.6) is 0 Å². The molecule has 0 spiro atoms. The highest BCUT2D eigenvalue weighted by atomic mass is 14.9. The second-order valence-corrected chi connectivity index (χ2v) is 4.52. The van der Waals surface area contributed by atoms with Gasteiger partial charge in [0.2, 0.25) is 0 Å². The summed E-state index contributed by atoms with van der Waals surface area (Å²) in [5.74, 6) is 0. The van der Waals surface area contributed by atoms with Gasteiger partial charge in [-0.15, -0.1) is 0 Å². The van der Waals surface area contributed by atoms with Crippen LogP contribution in [0, 0.1) is 13.8 Å². The minimum Gasteiger partial charge on any atom is -0.379 e. The van der Waals surface area contributed by atoms with Crippen LogP contribution in [0.2, 0.25) is 0 Å². The molecule has 2 rings (SSSR count). The fourth-order valence-electron chi connectivity index (χ4n) is 2.04. The van der Waals surface area contributed by atoms with E-state index < -0.39 is 0 Å². The highest BCUT2D eigenvalue weighted by Crippen LogP contribution is 2.20. The number of anilines is 1. The zero-order valence-electron chi connectivity index (χ0n) is 10.6. The molecule has 17 heavy (non-hydrogen) atoms. The molecule has 1 unspecified atom stereocenters. The third-order valence-corrected chi connectivity index (χ3v) is 2.81. The number of nitrogens with one attached hydrogen (secondary N) is 1. The summed E-state index contributed by atoms with van der Waals surface area (Å²) in [6.45, 7) is 6.40. The van der Waals surface area contributed by atoms with Gasteiger partial charge in [-0.1, -0.05) is 6.07 Å². The van der Waals surface area contributed by atoms with Gasteiger partial charge in [0.05, 0.1) is 0 Å². The maximum atomic E-state index is 4.04. The first-order chi connectivity index (χ1) is 8.15. The number of aromatic nitrogens is 1. The normalized spacial score (nSPS) is 12.2. The van der Waals surface area contributed by atoms with Crippen molar-refractivity contribution in [2.24, 2.45) is 0 Å². The molecular weight excluding hydrogens is 208 g/mol. The van der Waals surface area contributed by atoms with Crippen molar-refractivity contribution in [1.82, 2.24) is 4.98 Å². The Balaban J connectivity index is 2.16. The first-order valence-electron chi connectivity index (χ1n) is 5.90. The number of hydrogen-bond acceptors (Lipinski definition) is 2. The minimum atomic E-state index is 0.291. The highest BCUT2D eigenvalue weighted by Gasteiger charge is 2.05. The van der Waals surface area contributed by atoms with E-state index in [0.29, 0.717) is 6.04 Å². The summed E-state index contributed by atoms with van der Waals surface area (Å²) in [5, 5.41) is 3.51. The van der Waals surface area contributed by atoms with E-state index in [-0.39, 0.29) is 0 Å². The molecule has 0 bridgehead atoms. The lowest BCUT2D eigenvalue weighted by Crippen LogP contribution is -2.06. The van der Waals surface area contributed by atoms with E-state index in [9.17, 15) is 0 Å². The van der Waals surface area contributed by atoms with Gasteiger partial charge in [-0.05, 0) is 61.7 Å². The molecule has 0 radical (unpaired) electrons. The van der Waals surface area contributed by atoms with Gasteiger partial charge in [0.25, 0.3) is 0 Å². The van der Waals surface area contributed by atoms with Crippen LogP contribution in [-0.4, -0.2) is 4.98 Å². The van der Waals surface area contributed by atoms with Crippen molar-refractivity contribution < 1.29 is 0 Å². The van der Waals surface area contributed by atoms with Gasteiger partial charge in [-0.25, -0.2) is 0 Å². The van der Waals surface area contributed by atoms with Crippen LogP contribution in [0.15, 0.2) is 42.7 Å². The lowest BCUT2D eigenvalue weighted by Gasteiger charge is -2.16. The molecule has 0 aliphatic rings. The number of pyridine rings is 1. The van der Waals surface area contributed by atoms with Gasteiger partial charge < -0.3 is 5.32 Å². The molecule has 1 aromatic heterocycles. The van der Waals surface area contributed by atoms with Gasteiger partial charge in [-0.2, -0.15) is 0 Å². The number of benzene rings is 1. The Bertz CT molecular complexity index is 471. The standard InChI is InChI=1S/C15H18N2/c1-11-8-12(2)10-15(9-11)17-13(3)14-4-6-16-7-5-14/h4-10,13,17H,1-3H3. The molecule has 0 aliphatic carbocycles. The van der Waals surface area contributed by atoms with Crippen LogP contribution in [0.3, 0.4) is 0 Å². The molecule has 0 saturated heterocycles. The van der Waals surface area contributed by atoms with Crippen LogP contribution in [0.1, 0.15) is 29.7 Å². The van der Waals surface area contributed by atoms with E-state index in [0.717, 1.165) is 0 Å². The van der Waals surface area contributed by atoms with Crippen LogP contribution >= 0.6 is 0 Å². The van der Waals surface area contributed by atoms with Crippen LogP contribution in [0.4, 0.5) is 5.69 Å². The number of nitrogens with zero attached hydrogens (tertiary/aromatic N) is 1. The second kappa shape index (κ2) is 5.00. The van der Waals surface area contributed by atoms with E-state index in [1.54, 1.807) is 0 Å². The Morgan fingerprint density at radius 3 is 2.18 bits per heavy atom. The van der Waals surface area contributed by atoms with E-state index in [1.807, 2.05) is 24.5 Å². The molecule has 0 fully saturated rings. The number of hydrogen-bond donors (Lipinski definition) is 1. The predicted molar refractivity (Wildman–Crippen MR) is 72.2 cm³/mol. The Labute approximate surface area is 103 Å².